The maximum atomic E-state index is 11.0. The lowest BCUT2D eigenvalue weighted by Gasteiger charge is -2.28. The monoisotopic (exact) mass is 230 g/mol. The molecular weight excluding hydrogens is 212 g/mol. The zero-order valence-corrected chi connectivity index (χ0v) is 9.39. The zero-order valence-electron chi connectivity index (χ0n) is 9.39. The van der Waals surface area contributed by atoms with Crippen LogP contribution in [-0.2, 0) is 14.3 Å². The van der Waals surface area contributed by atoms with Crippen LogP contribution in [0.1, 0.15) is 13.3 Å². The number of carbonyl (C=O) groups is 2. The number of carbonyl (C=O) groups excluding carboxylic acids is 1. The average Bonchev–Trinajstić information content (AvgIpc) is 2.64. The summed E-state index contributed by atoms with van der Waals surface area (Å²) < 4.78 is 5.17. The van der Waals surface area contributed by atoms with E-state index in [1.807, 2.05) is 6.92 Å². The fraction of sp³-hybridized carbons (Fsp3) is 0.800. The topological polar surface area (TPSA) is 92.9 Å². The van der Waals surface area contributed by atoms with Crippen LogP contribution in [0.3, 0.4) is 0 Å². The minimum Gasteiger partial charge on any atom is -0.481 e. The van der Waals surface area contributed by atoms with Gasteiger partial charge >= 0.3 is 5.97 Å². The number of amides is 1. The molecule has 16 heavy (non-hydrogen) atoms. The van der Waals surface area contributed by atoms with Crippen LogP contribution in [0.5, 0.6) is 0 Å². The van der Waals surface area contributed by atoms with Crippen LogP contribution in [0.4, 0.5) is 0 Å². The summed E-state index contributed by atoms with van der Waals surface area (Å²) in [5.41, 5.74) is 5.14. The fourth-order valence-electron chi connectivity index (χ4n) is 1.99. The summed E-state index contributed by atoms with van der Waals surface area (Å²) >= 11 is 0. The van der Waals surface area contributed by atoms with Crippen LogP contribution in [-0.4, -0.2) is 54.2 Å². The second kappa shape index (κ2) is 5.81. The number of carboxylic acids is 1. The van der Waals surface area contributed by atoms with Crippen LogP contribution in [0.2, 0.25) is 0 Å². The molecule has 1 rings (SSSR count). The van der Waals surface area contributed by atoms with E-state index >= 15 is 0 Å². The van der Waals surface area contributed by atoms with E-state index in [2.05, 4.69) is 0 Å². The summed E-state index contributed by atoms with van der Waals surface area (Å²) in [6.45, 7) is 3.27. The quantitative estimate of drug-likeness (QED) is 0.628. The lowest BCUT2D eigenvalue weighted by atomic mass is 10.0. The minimum absolute atomic E-state index is 0.0889. The Morgan fingerprint density at radius 3 is 2.69 bits per heavy atom. The summed E-state index contributed by atoms with van der Waals surface area (Å²) in [5.74, 6) is -1.89. The highest BCUT2D eigenvalue weighted by Crippen LogP contribution is 2.20. The van der Waals surface area contributed by atoms with Crippen molar-refractivity contribution in [2.75, 3.05) is 26.3 Å². The summed E-state index contributed by atoms with van der Waals surface area (Å²) in [6, 6.07) is -0.245. The number of nitrogens with two attached hydrogens (primary N) is 1. The molecule has 0 radical (unpaired) electrons. The molecule has 0 bridgehead atoms. The van der Waals surface area contributed by atoms with Gasteiger partial charge in [-0.15, -0.1) is 0 Å². The molecule has 0 saturated carbocycles. The van der Waals surface area contributed by atoms with Crippen molar-refractivity contribution in [2.45, 2.75) is 19.4 Å². The van der Waals surface area contributed by atoms with E-state index in [-0.39, 0.29) is 19.2 Å². The lowest BCUT2D eigenvalue weighted by molar-refractivity contribution is -0.143. The molecule has 2 atom stereocenters. The first-order chi connectivity index (χ1) is 7.56. The van der Waals surface area contributed by atoms with E-state index in [0.717, 1.165) is 6.42 Å². The van der Waals surface area contributed by atoms with Gasteiger partial charge in [0, 0.05) is 6.04 Å². The normalized spacial score (nSPS) is 24.9. The van der Waals surface area contributed by atoms with Crippen molar-refractivity contribution >= 4 is 11.9 Å². The van der Waals surface area contributed by atoms with E-state index in [1.54, 1.807) is 4.90 Å². The Hall–Kier alpha value is -1.14. The third-order valence-corrected chi connectivity index (χ3v) is 2.71. The van der Waals surface area contributed by atoms with Crippen LogP contribution < -0.4 is 5.73 Å². The molecule has 0 aromatic carbocycles. The lowest BCUT2D eigenvalue weighted by Crippen LogP contribution is -2.47. The van der Waals surface area contributed by atoms with Crippen molar-refractivity contribution in [1.82, 2.24) is 4.90 Å². The Balaban J connectivity index is 2.68. The largest absolute Gasteiger partial charge is 0.481 e. The number of carboxylic acid groups (broad SMARTS) is 1. The zero-order chi connectivity index (χ0) is 12.1. The second-order valence-electron chi connectivity index (χ2n) is 3.99. The number of ether oxygens (including phenoxy) is 1. The molecule has 3 N–H and O–H groups in total. The Kier molecular flexibility index (Phi) is 4.70. The maximum absolute atomic E-state index is 11.0. The average molecular weight is 230 g/mol. The van der Waals surface area contributed by atoms with Gasteiger partial charge in [-0.3, -0.25) is 14.5 Å². The molecule has 0 spiro atoms. The highest BCUT2D eigenvalue weighted by atomic mass is 16.5. The SMILES string of the molecule is CCCN(CC(N)=O)C1COCC1C(=O)O. The van der Waals surface area contributed by atoms with Crippen LogP contribution in [0.15, 0.2) is 0 Å². The van der Waals surface area contributed by atoms with E-state index in [4.69, 9.17) is 15.6 Å². The second-order valence-corrected chi connectivity index (χ2v) is 3.99. The van der Waals surface area contributed by atoms with Crippen LogP contribution in [0.25, 0.3) is 0 Å². The molecule has 1 amide bonds. The van der Waals surface area contributed by atoms with Gasteiger partial charge in [0.05, 0.1) is 25.7 Å². The molecule has 0 aromatic heterocycles. The van der Waals surface area contributed by atoms with Gasteiger partial charge in [-0.1, -0.05) is 6.92 Å². The van der Waals surface area contributed by atoms with Gasteiger partial charge in [-0.2, -0.15) is 0 Å². The molecule has 0 aliphatic carbocycles. The van der Waals surface area contributed by atoms with E-state index in [1.165, 1.54) is 0 Å². The Bertz CT molecular complexity index is 270. The highest BCUT2D eigenvalue weighted by molar-refractivity contribution is 5.76. The molecule has 1 fully saturated rings. The smallest absolute Gasteiger partial charge is 0.310 e. The third-order valence-electron chi connectivity index (χ3n) is 2.71. The summed E-state index contributed by atoms with van der Waals surface area (Å²) in [4.78, 5) is 23.7. The van der Waals surface area contributed by atoms with Gasteiger partial charge in [-0.05, 0) is 13.0 Å². The van der Waals surface area contributed by atoms with Gasteiger partial charge in [-0.25, -0.2) is 0 Å². The molecule has 1 saturated heterocycles. The van der Waals surface area contributed by atoms with Crippen molar-refractivity contribution in [3.05, 3.63) is 0 Å². The van der Waals surface area contributed by atoms with Gasteiger partial charge < -0.3 is 15.6 Å². The van der Waals surface area contributed by atoms with Crippen LogP contribution >= 0.6 is 0 Å². The van der Waals surface area contributed by atoms with Crippen molar-refractivity contribution in [3.8, 4) is 0 Å². The molecule has 6 nitrogen and oxygen atoms in total. The number of primary amides is 1. The van der Waals surface area contributed by atoms with Crippen molar-refractivity contribution in [1.29, 1.82) is 0 Å². The Morgan fingerprint density at radius 2 is 2.19 bits per heavy atom. The predicted octanol–water partition coefficient (Wildman–Crippen LogP) is -0.717. The standard InChI is InChI=1S/C10H18N2O4/c1-2-3-12(4-9(11)13)8-6-16-5-7(8)10(14)15/h7-8H,2-6H2,1H3,(H2,11,13)(H,14,15). The first-order valence-corrected chi connectivity index (χ1v) is 5.39. The number of hydrogen-bond acceptors (Lipinski definition) is 4. The molecular formula is C10H18N2O4. The van der Waals surface area contributed by atoms with Crippen LogP contribution in [0, 0.1) is 5.92 Å². The number of nitrogens with zero attached hydrogens (tertiary/aromatic N) is 1. The maximum Gasteiger partial charge on any atom is 0.310 e. The first kappa shape index (κ1) is 12.9. The molecule has 2 unspecified atom stereocenters. The molecule has 1 aliphatic rings. The Labute approximate surface area is 94.3 Å². The summed E-state index contributed by atoms with van der Waals surface area (Å²) in [7, 11) is 0. The van der Waals surface area contributed by atoms with E-state index in [9.17, 15) is 9.59 Å². The highest BCUT2D eigenvalue weighted by Gasteiger charge is 2.37. The predicted molar refractivity (Wildman–Crippen MR) is 56.8 cm³/mol. The Morgan fingerprint density at radius 1 is 1.50 bits per heavy atom. The minimum atomic E-state index is -0.881. The molecule has 6 heteroatoms. The molecule has 1 heterocycles. The summed E-state index contributed by atoms with van der Waals surface area (Å²) in [6.07, 6.45) is 0.843. The summed E-state index contributed by atoms with van der Waals surface area (Å²) in [5, 5.41) is 9.01. The first-order valence-electron chi connectivity index (χ1n) is 5.39. The van der Waals surface area contributed by atoms with E-state index in [0.29, 0.717) is 13.2 Å². The third kappa shape index (κ3) is 3.18. The van der Waals surface area contributed by atoms with Gasteiger partial charge in [0.15, 0.2) is 0 Å². The van der Waals surface area contributed by atoms with Gasteiger partial charge in [0.25, 0.3) is 0 Å². The van der Waals surface area contributed by atoms with Gasteiger partial charge in [0.1, 0.15) is 0 Å². The fourth-order valence-corrected chi connectivity index (χ4v) is 1.99. The van der Waals surface area contributed by atoms with Gasteiger partial charge in [0.2, 0.25) is 5.91 Å². The van der Waals surface area contributed by atoms with Crippen molar-refractivity contribution < 1.29 is 19.4 Å². The van der Waals surface area contributed by atoms with E-state index < -0.39 is 17.8 Å². The number of hydrogen-bond donors (Lipinski definition) is 2. The molecule has 92 valence electrons. The van der Waals surface area contributed by atoms with Crippen molar-refractivity contribution in [3.63, 3.8) is 0 Å². The van der Waals surface area contributed by atoms with Crippen molar-refractivity contribution in [2.24, 2.45) is 11.7 Å². The molecule has 0 aromatic rings. The number of rotatable bonds is 6. The number of aliphatic carboxylic acids is 1. The molecule has 1 aliphatic heterocycles.